The van der Waals surface area contributed by atoms with Gasteiger partial charge in [-0.2, -0.15) is 0 Å². The van der Waals surface area contributed by atoms with Crippen LogP contribution in [-0.4, -0.2) is 11.2 Å². The van der Waals surface area contributed by atoms with Crippen molar-refractivity contribution in [3.05, 3.63) is 11.6 Å². The van der Waals surface area contributed by atoms with E-state index in [1.54, 1.807) is 6.92 Å². The lowest BCUT2D eigenvalue weighted by molar-refractivity contribution is 0.253. The molecule has 0 rings (SSSR count). The summed E-state index contributed by atoms with van der Waals surface area (Å²) >= 11 is 5.12. The van der Waals surface area contributed by atoms with Crippen LogP contribution in [0.25, 0.3) is 0 Å². The van der Waals surface area contributed by atoms with Crippen LogP contribution >= 0.6 is 11.6 Å². The summed E-state index contributed by atoms with van der Waals surface area (Å²) in [6.45, 7) is 1.59. The lowest BCUT2D eigenvalue weighted by Gasteiger charge is -1.83. The van der Waals surface area contributed by atoms with Crippen LogP contribution in [0, 0.1) is 11.8 Å². The van der Waals surface area contributed by atoms with Gasteiger partial charge in [0.15, 0.2) is 0 Å². The fourth-order valence-electron chi connectivity index (χ4n) is 0.200. The van der Waals surface area contributed by atoms with Gasteiger partial charge in [0.05, 0.1) is 0 Å². The lowest BCUT2D eigenvalue weighted by Crippen LogP contribution is -1.91. The highest BCUT2D eigenvalue weighted by molar-refractivity contribution is 6.25. The van der Waals surface area contributed by atoms with Gasteiger partial charge < -0.3 is 5.11 Å². The van der Waals surface area contributed by atoms with Crippen LogP contribution in [0.4, 0.5) is 0 Å². The second-order valence-electron chi connectivity index (χ2n) is 1.26. The Labute approximate surface area is 54.0 Å². The van der Waals surface area contributed by atoms with Gasteiger partial charge in [-0.25, -0.2) is 0 Å². The van der Waals surface area contributed by atoms with Crippen LogP contribution in [-0.2, 0) is 0 Å². The molecule has 0 aromatic carbocycles. The first kappa shape index (κ1) is 7.55. The van der Waals surface area contributed by atoms with Crippen molar-refractivity contribution in [3.63, 3.8) is 0 Å². The van der Waals surface area contributed by atoms with Crippen LogP contribution < -0.4 is 0 Å². The molecule has 0 heterocycles. The van der Waals surface area contributed by atoms with Crippen molar-refractivity contribution < 1.29 is 5.11 Å². The Morgan fingerprint density at radius 2 is 2.38 bits per heavy atom. The van der Waals surface area contributed by atoms with Gasteiger partial charge in [-0.05, 0) is 13.0 Å². The van der Waals surface area contributed by atoms with Gasteiger partial charge in [-0.15, -0.1) is 0 Å². The van der Waals surface area contributed by atoms with E-state index in [9.17, 15) is 0 Å². The van der Waals surface area contributed by atoms with Crippen molar-refractivity contribution in [1.82, 2.24) is 0 Å². The number of rotatable bonds is 0. The van der Waals surface area contributed by atoms with Crippen LogP contribution in [0.15, 0.2) is 11.6 Å². The molecular formula is C6H7ClO. The summed E-state index contributed by atoms with van der Waals surface area (Å²) in [5.74, 6) is 5.00. The molecular weight excluding hydrogens is 124 g/mol. The molecule has 0 saturated carbocycles. The highest BCUT2D eigenvalue weighted by Crippen LogP contribution is 1.76. The molecule has 0 aromatic rings. The lowest BCUT2D eigenvalue weighted by atomic mass is 10.4. The van der Waals surface area contributed by atoms with Crippen LogP contribution in [0.1, 0.15) is 6.92 Å². The Hall–Kier alpha value is -0.450. The summed E-state index contributed by atoms with van der Waals surface area (Å²) in [5, 5.41) is 8.53. The van der Waals surface area contributed by atoms with E-state index in [0.29, 0.717) is 0 Å². The fraction of sp³-hybridized carbons (Fsp3) is 0.333. The smallest absolute Gasteiger partial charge is 0.112 e. The maximum Gasteiger partial charge on any atom is 0.112 e. The first-order valence-electron chi connectivity index (χ1n) is 2.21. The Balaban J connectivity index is 3.51. The average Bonchev–Trinajstić information content (AvgIpc) is 1.66. The summed E-state index contributed by atoms with van der Waals surface area (Å²) in [6, 6.07) is 0. The quantitative estimate of drug-likeness (QED) is 0.488. The third-order valence-electron chi connectivity index (χ3n) is 0.439. The second-order valence-corrected chi connectivity index (χ2v) is 1.51. The molecule has 0 bridgehead atoms. The summed E-state index contributed by atoms with van der Waals surface area (Å²) < 4.78 is 0. The standard InChI is InChI=1S/C6H7ClO/c1-6(8)4-2-3-5-7/h3,5-6,8H,1H3/b5-3-. The minimum Gasteiger partial charge on any atom is -0.381 e. The van der Waals surface area contributed by atoms with Gasteiger partial charge in [-0.3, -0.25) is 0 Å². The van der Waals surface area contributed by atoms with E-state index in [1.807, 2.05) is 0 Å². The zero-order valence-electron chi connectivity index (χ0n) is 4.56. The van der Waals surface area contributed by atoms with Gasteiger partial charge in [0.2, 0.25) is 0 Å². The van der Waals surface area contributed by atoms with Crippen molar-refractivity contribution >= 4 is 11.6 Å². The number of aliphatic hydroxyl groups is 1. The normalized spacial score (nSPS) is 12.9. The number of hydrogen-bond donors (Lipinski definition) is 1. The monoisotopic (exact) mass is 130 g/mol. The molecule has 1 atom stereocenters. The highest BCUT2D eigenvalue weighted by Gasteiger charge is 1.78. The molecule has 1 nitrogen and oxygen atoms in total. The molecule has 0 aromatic heterocycles. The first-order valence-corrected chi connectivity index (χ1v) is 2.65. The Morgan fingerprint density at radius 1 is 1.75 bits per heavy atom. The van der Waals surface area contributed by atoms with Gasteiger partial charge in [-0.1, -0.05) is 23.4 Å². The third-order valence-corrected chi connectivity index (χ3v) is 0.565. The highest BCUT2D eigenvalue weighted by atomic mass is 35.5. The molecule has 0 saturated heterocycles. The van der Waals surface area contributed by atoms with Crippen LogP contribution in [0.2, 0.25) is 0 Å². The van der Waals surface area contributed by atoms with Crippen molar-refractivity contribution in [2.45, 2.75) is 13.0 Å². The largest absolute Gasteiger partial charge is 0.381 e. The van der Waals surface area contributed by atoms with Gasteiger partial charge >= 0.3 is 0 Å². The molecule has 8 heavy (non-hydrogen) atoms. The minimum absolute atomic E-state index is 0.567. The van der Waals surface area contributed by atoms with E-state index in [4.69, 9.17) is 16.7 Å². The molecule has 44 valence electrons. The second kappa shape index (κ2) is 4.70. The molecule has 0 aliphatic carbocycles. The molecule has 0 aliphatic heterocycles. The van der Waals surface area contributed by atoms with Crippen molar-refractivity contribution in [1.29, 1.82) is 0 Å². The van der Waals surface area contributed by atoms with E-state index in [0.717, 1.165) is 0 Å². The topological polar surface area (TPSA) is 20.2 Å². The SMILES string of the molecule is CC(O)C#C/C=C\Cl. The van der Waals surface area contributed by atoms with E-state index in [2.05, 4.69) is 11.8 Å². The van der Waals surface area contributed by atoms with Crippen molar-refractivity contribution in [2.24, 2.45) is 0 Å². The Bertz CT molecular complexity index is 127. The molecule has 2 heteroatoms. The predicted octanol–water partition coefficient (Wildman–Crippen LogP) is 1.12. The van der Waals surface area contributed by atoms with E-state index < -0.39 is 6.10 Å². The van der Waals surface area contributed by atoms with E-state index >= 15 is 0 Å². The van der Waals surface area contributed by atoms with Gasteiger partial charge in [0.25, 0.3) is 0 Å². The maximum absolute atomic E-state index is 8.53. The van der Waals surface area contributed by atoms with Crippen molar-refractivity contribution in [3.8, 4) is 11.8 Å². The fourth-order valence-corrected chi connectivity index (χ4v) is 0.263. The van der Waals surface area contributed by atoms with Gasteiger partial charge in [0, 0.05) is 5.54 Å². The zero-order valence-corrected chi connectivity index (χ0v) is 5.31. The molecule has 1 unspecified atom stereocenters. The zero-order chi connectivity index (χ0) is 6.41. The van der Waals surface area contributed by atoms with Gasteiger partial charge in [0.1, 0.15) is 6.10 Å². The Kier molecular flexibility index (Phi) is 4.44. The molecule has 1 N–H and O–H groups in total. The average molecular weight is 131 g/mol. The minimum atomic E-state index is -0.567. The molecule has 0 aliphatic rings. The van der Waals surface area contributed by atoms with Crippen LogP contribution in [0.5, 0.6) is 0 Å². The Morgan fingerprint density at radius 3 is 2.75 bits per heavy atom. The molecule has 0 spiro atoms. The van der Waals surface area contributed by atoms with Crippen LogP contribution in [0.3, 0.4) is 0 Å². The third kappa shape index (κ3) is 5.55. The summed E-state index contributed by atoms with van der Waals surface area (Å²) in [6.07, 6.45) is 0.900. The maximum atomic E-state index is 8.53. The summed E-state index contributed by atoms with van der Waals surface area (Å²) in [5.41, 5.74) is 1.30. The summed E-state index contributed by atoms with van der Waals surface area (Å²) in [4.78, 5) is 0. The first-order chi connectivity index (χ1) is 3.77. The summed E-state index contributed by atoms with van der Waals surface area (Å²) in [7, 11) is 0. The van der Waals surface area contributed by atoms with Crippen molar-refractivity contribution in [2.75, 3.05) is 0 Å². The van der Waals surface area contributed by atoms with E-state index in [-0.39, 0.29) is 0 Å². The predicted molar refractivity (Wildman–Crippen MR) is 34.4 cm³/mol. The molecule has 0 fully saturated rings. The number of aliphatic hydroxyl groups excluding tert-OH is 1. The van der Waals surface area contributed by atoms with E-state index in [1.165, 1.54) is 11.6 Å². The molecule has 0 radical (unpaired) electrons. The number of allylic oxidation sites excluding steroid dienone is 1. The molecule has 0 amide bonds. The number of halogens is 1. The number of hydrogen-bond acceptors (Lipinski definition) is 1.